The van der Waals surface area contributed by atoms with Crippen molar-refractivity contribution in [2.45, 2.75) is 18.9 Å². The maximum Gasteiger partial charge on any atom is 0.253 e. The number of halogens is 1. The SMILES string of the molecule is O=C(NC(CC(=O)N1CC=C(c2ccccc2)CC1)c1ccccc1)c1ccccc1Cl. The van der Waals surface area contributed by atoms with Crippen LogP contribution in [0.5, 0.6) is 0 Å². The number of carbonyl (C=O) groups excluding carboxylic acids is 2. The third kappa shape index (κ3) is 5.27. The quantitative estimate of drug-likeness (QED) is 0.544. The van der Waals surface area contributed by atoms with Crippen LogP contribution < -0.4 is 5.32 Å². The Morgan fingerprint density at radius 2 is 1.56 bits per heavy atom. The van der Waals surface area contributed by atoms with Gasteiger partial charge in [0, 0.05) is 13.1 Å². The lowest BCUT2D eigenvalue weighted by Gasteiger charge is -2.29. The highest BCUT2D eigenvalue weighted by molar-refractivity contribution is 6.33. The first-order valence-corrected chi connectivity index (χ1v) is 11.1. The highest BCUT2D eigenvalue weighted by Crippen LogP contribution is 2.25. The molecule has 1 aliphatic heterocycles. The summed E-state index contributed by atoms with van der Waals surface area (Å²) >= 11 is 6.20. The molecular formula is C27H25ClN2O2. The van der Waals surface area contributed by atoms with E-state index in [4.69, 9.17) is 11.6 Å². The summed E-state index contributed by atoms with van der Waals surface area (Å²) in [6, 6.07) is 26.3. The number of amides is 2. The van der Waals surface area contributed by atoms with Crippen LogP contribution in [-0.2, 0) is 4.79 Å². The Bertz CT molecular complexity index is 1110. The molecule has 5 heteroatoms. The fourth-order valence-electron chi connectivity index (χ4n) is 3.93. The molecule has 4 rings (SSSR count). The smallest absolute Gasteiger partial charge is 0.253 e. The first kappa shape index (κ1) is 21.8. The van der Waals surface area contributed by atoms with Crippen molar-refractivity contribution in [3.8, 4) is 0 Å². The van der Waals surface area contributed by atoms with Gasteiger partial charge in [0.25, 0.3) is 5.91 Å². The van der Waals surface area contributed by atoms with Gasteiger partial charge < -0.3 is 10.2 Å². The summed E-state index contributed by atoms with van der Waals surface area (Å²) in [6.45, 7) is 1.24. The minimum Gasteiger partial charge on any atom is -0.345 e. The van der Waals surface area contributed by atoms with Gasteiger partial charge in [-0.3, -0.25) is 9.59 Å². The van der Waals surface area contributed by atoms with Crippen molar-refractivity contribution < 1.29 is 9.59 Å². The first-order chi connectivity index (χ1) is 15.6. The first-order valence-electron chi connectivity index (χ1n) is 10.7. The summed E-state index contributed by atoms with van der Waals surface area (Å²) in [6.07, 6.45) is 3.13. The van der Waals surface area contributed by atoms with Gasteiger partial charge in [0.05, 0.1) is 23.0 Å². The Hall–Kier alpha value is -3.37. The highest BCUT2D eigenvalue weighted by atomic mass is 35.5. The predicted molar refractivity (Wildman–Crippen MR) is 128 cm³/mol. The molecule has 0 bridgehead atoms. The molecule has 0 saturated carbocycles. The molecule has 0 saturated heterocycles. The van der Waals surface area contributed by atoms with E-state index in [9.17, 15) is 9.59 Å². The van der Waals surface area contributed by atoms with E-state index >= 15 is 0 Å². The van der Waals surface area contributed by atoms with Gasteiger partial charge in [-0.25, -0.2) is 0 Å². The monoisotopic (exact) mass is 444 g/mol. The summed E-state index contributed by atoms with van der Waals surface area (Å²) in [4.78, 5) is 27.9. The van der Waals surface area contributed by atoms with Gasteiger partial charge in [0.1, 0.15) is 0 Å². The Balaban J connectivity index is 1.47. The van der Waals surface area contributed by atoms with E-state index in [1.165, 1.54) is 11.1 Å². The lowest BCUT2D eigenvalue weighted by Crippen LogP contribution is -2.38. The Kier molecular flexibility index (Phi) is 7.03. The summed E-state index contributed by atoms with van der Waals surface area (Å²) in [5.41, 5.74) is 3.75. The number of hydrogen-bond acceptors (Lipinski definition) is 2. The molecule has 0 aromatic heterocycles. The molecule has 3 aromatic carbocycles. The third-order valence-corrected chi connectivity index (χ3v) is 6.04. The summed E-state index contributed by atoms with van der Waals surface area (Å²) in [5, 5.41) is 3.40. The molecule has 2 amide bonds. The Morgan fingerprint density at radius 1 is 0.906 bits per heavy atom. The molecule has 4 nitrogen and oxygen atoms in total. The standard InChI is InChI=1S/C27H25ClN2O2/c28-24-14-8-7-13-23(24)27(32)29-25(22-11-5-2-6-12-22)19-26(31)30-17-15-21(16-18-30)20-9-3-1-4-10-20/h1-15,25H,16-19H2,(H,29,32). The van der Waals surface area contributed by atoms with Gasteiger partial charge in [-0.05, 0) is 35.3 Å². The van der Waals surface area contributed by atoms with Gasteiger partial charge in [-0.15, -0.1) is 0 Å². The number of carbonyl (C=O) groups is 2. The van der Waals surface area contributed by atoms with Crippen LogP contribution in [0.15, 0.2) is 91.0 Å². The van der Waals surface area contributed by atoms with E-state index in [-0.39, 0.29) is 18.2 Å². The number of nitrogens with zero attached hydrogens (tertiary/aromatic N) is 1. The fraction of sp³-hybridized carbons (Fsp3) is 0.185. The zero-order valence-corrected chi connectivity index (χ0v) is 18.5. The number of nitrogens with one attached hydrogen (secondary N) is 1. The van der Waals surface area contributed by atoms with Crippen molar-refractivity contribution in [1.82, 2.24) is 10.2 Å². The maximum absolute atomic E-state index is 13.1. The van der Waals surface area contributed by atoms with Crippen LogP contribution in [0.2, 0.25) is 5.02 Å². The van der Waals surface area contributed by atoms with Gasteiger partial charge in [0.2, 0.25) is 5.91 Å². The minimum absolute atomic E-state index is 0.0154. The molecule has 1 unspecified atom stereocenters. The molecule has 0 spiro atoms. The van der Waals surface area contributed by atoms with Crippen molar-refractivity contribution in [3.05, 3.63) is 113 Å². The van der Waals surface area contributed by atoms with Gasteiger partial charge in [-0.2, -0.15) is 0 Å². The molecule has 0 aliphatic carbocycles. The molecule has 1 aliphatic rings. The van der Waals surface area contributed by atoms with Crippen molar-refractivity contribution >= 4 is 29.0 Å². The zero-order chi connectivity index (χ0) is 22.3. The average Bonchev–Trinajstić information content (AvgIpc) is 2.85. The van der Waals surface area contributed by atoms with Crippen LogP contribution >= 0.6 is 11.6 Å². The zero-order valence-electron chi connectivity index (χ0n) is 17.7. The van der Waals surface area contributed by atoms with Crippen molar-refractivity contribution in [3.63, 3.8) is 0 Å². The Morgan fingerprint density at radius 3 is 2.22 bits per heavy atom. The summed E-state index contributed by atoms with van der Waals surface area (Å²) in [5.74, 6) is -0.274. The molecule has 0 radical (unpaired) electrons. The largest absolute Gasteiger partial charge is 0.345 e. The highest BCUT2D eigenvalue weighted by Gasteiger charge is 2.24. The van der Waals surface area contributed by atoms with Crippen LogP contribution in [0.4, 0.5) is 0 Å². The number of hydrogen-bond donors (Lipinski definition) is 1. The predicted octanol–water partition coefficient (Wildman–Crippen LogP) is 5.52. The van der Waals surface area contributed by atoms with E-state index < -0.39 is 6.04 Å². The molecule has 1 N–H and O–H groups in total. The molecule has 1 atom stereocenters. The minimum atomic E-state index is -0.438. The van der Waals surface area contributed by atoms with Crippen molar-refractivity contribution in [2.75, 3.05) is 13.1 Å². The van der Waals surface area contributed by atoms with Crippen molar-refractivity contribution in [1.29, 1.82) is 0 Å². The number of rotatable bonds is 6. The second-order valence-corrected chi connectivity index (χ2v) is 8.21. The van der Waals surface area contributed by atoms with Crippen LogP contribution in [0, 0.1) is 0 Å². The number of benzene rings is 3. The van der Waals surface area contributed by atoms with Gasteiger partial charge in [-0.1, -0.05) is 90.5 Å². The molecule has 1 heterocycles. The Labute approximate surface area is 193 Å². The van der Waals surface area contributed by atoms with Crippen LogP contribution in [0.25, 0.3) is 5.57 Å². The van der Waals surface area contributed by atoms with Crippen LogP contribution in [0.1, 0.15) is 40.4 Å². The van der Waals surface area contributed by atoms with E-state index in [1.807, 2.05) is 53.4 Å². The third-order valence-electron chi connectivity index (χ3n) is 5.71. The fourth-order valence-corrected chi connectivity index (χ4v) is 4.15. The lowest BCUT2D eigenvalue weighted by molar-refractivity contribution is -0.131. The van der Waals surface area contributed by atoms with Crippen LogP contribution in [-0.4, -0.2) is 29.8 Å². The van der Waals surface area contributed by atoms with E-state index in [0.29, 0.717) is 23.7 Å². The molecular weight excluding hydrogens is 420 g/mol. The van der Waals surface area contributed by atoms with E-state index in [1.54, 1.807) is 24.3 Å². The molecule has 0 fully saturated rings. The van der Waals surface area contributed by atoms with E-state index in [2.05, 4.69) is 23.5 Å². The average molecular weight is 445 g/mol. The second kappa shape index (κ2) is 10.3. The summed E-state index contributed by atoms with van der Waals surface area (Å²) in [7, 11) is 0. The lowest BCUT2D eigenvalue weighted by atomic mass is 9.98. The van der Waals surface area contributed by atoms with Gasteiger partial charge in [0.15, 0.2) is 0 Å². The second-order valence-electron chi connectivity index (χ2n) is 7.81. The normalized spacial score (nSPS) is 14.4. The van der Waals surface area contributed by atoms with Gasteiger partial charge >= 0.3 is 0 Å². The summed E-state index contributed by atoms with van der Waals surface area (Å²) < 4.78 is 0. The topological polar surface area (TPSA) is 49.4 Å². The molecule has 3 aromatic rings. The maximum atomic E-state index is 13.1. The molecule has 32 heavy (non-hydrogen) atoms. The van der Waals surface area contributed by atoms with Crippen molar-refractivity contribution in [2.24, 2.45) is 0 Å². The molecule has 162 valence electrons. The van der Waals surface area contributed by atoms with E-state index in [0.717, 1.165) is 12.0 Å². The van der Waals surface area contributed by atoms with Crippen LogP contribution in [0.3, 0.4) is 0 Å².